The van der Waals surface area contributed by atoms with E-state index in [4.69, 9.17) is 9.47 Å². The van der Waals surface area contributed by atoms with E-state index in [-0.39, 0.29) is 29.8 Å². The zero-order valence-corrected chi connectivity index (χ0v) is 23.1. The maximum absolute atomic E-state index is 13.2. The predicted molar refractivity (Wildman–Crippen MR) is 141 cm³/mol. The lowest BCUT2D eigenvalue weighted by atomic mass is 9.73. The molecule has 7 atom stereocenters. The molecule has 8 heteroatoms. The Bertz CT molecular complexity index is 1000. The number of aliphatic hydroxyl groups excluding tert-OH is 2. The van der Waals surface area contributed by atoms with Crippen LogP contribution in [0.25, 0.3) is 12.2 Å². The second-order valence-electron chi connectivity index (χ2n) is 11.3. The van der Waals surface area contributed by atoms with Crippen LogP contribution >= 0.6 is 11.3 Å². The van der Waals surface area contributed by atoms with E-state index in [1.165, 1.54) is 11.3 Å². The second-order valence-corrected chi connectivity index (χ2v) is 12.2. The Morgan fingerprint density at radius 3 is 2.58 bits per heavy atom. The van der Waals surface area contributed by atoms with Crippen LogP contribution in [0, 0.1) is 17.3 Å². The number of carbonyl (C=O) groups is 2. The summed E-state index contributed by atoms with van der Waals surface area (Å²) in [6.45, 7) is 14.6. The molecule has 0 saturated carbocycles. The first-order chi connectivity index (χ1) is 16.8. The first-order valence-electron chi connectivity index (χ1n) is 12.8. The highest BCUT2D eigenvalue weighted by molar-refractivity contribution is 7.10. The standard InChI is InChI=1S/C28H41NO6S/c1-8-23-29-19(15-36-23)12-17(3)20-13-22-28(7,35-22)11-9-10-16(2)25(32)18(4)26(33)27(5,6)21(30)14-24(31)34-20/h8,12,15-16,18,20-22,25,30,32H,1,9-11,13-14H2,2-7H3/t16-,18+,20-,21-,22-,25-,28+/m0/s1. The number of rotatable bonds is 3. The van der Waals surface area contributed by atoms with Gasteiger partial charge in [0.05, 0.1) is 41.4 Å². The van der Waals surface area contributed by atoms with E-state index in [1.807, 2.05) is 25.3 Å². The molecule has 0 amide bonds. The monoisotopic (exact) mass is 519 g/mol. The number of cyclic esters (lactones) is 1. The lowest BCUT2D eigenvalue weighted by Gasteiger charge is -2.34. The van der Waals surface area contributed by atoms with Crippen molar-refractivity contribution in [1.29, 1.82) is 0 Å². The Hall–Kier alpha value is -1.87. The van der Waals surface area contributed by atoms with Gasteiger partial charge in [0.1, 0.15) is 16.9 Å². The van der Waals surface area contributed by atoms with Crippen molar-refractivity contribution in [2.75, 3.05) is 0 Å². The van der Waals surface area contributed by atoms with Crippen LogP contribution in [0.1, 0.15) is 84.3 Å². The number of aliphatic hydroxyl groups is 2. The molecule has 200 valence electrons. The Morgan fingerprint density at radius 2 is 1.94 bits per heavy atom. The molecule has 3 rings (SSSR count). The lowest BCUT2D eigenvalue weighted by molar-refractivity contribution is -0.154. The third kappa shape index (κ3) is 6.52. The van der Waals surface area contributed by atoms with E-state index in [9.17, 15) is 19.8 Å². The molecule has 0 spiro atoms. The van der Waals surface area contributed by atoms with Crippen LogP contribution in [-0.2, 0) is 19.1 Å². The molecule has 2 aliphatic heterocycles. The first kappa shape index (κ1) is 28.7. The van der Waals surface area contributed by atoms with Gasteiger partial charge >= 0.3 is 5.97 Å². The summed E-state index contributed by atoms with van der Waals surface area (Å²) in [7, 11) is 0. The van der Waals surface area contributed by atoms with Crippen LogP contribution < -0.4 is 0 Å². The molecule has 2 aliphatic rings. The van der Waals surface area contributed by atoms with Gasteiger partial charge in [-0.25, -0.2) is 4.98 Å². The van der Waals surface area contributed by atoms with Crippen molar-refractivity contribution in [3.63, 3.8) is 0 Å². The number of Topliss-reactive ketones (excluding diaryl/α,β-unsaturated/α-hetero) is 1. The van der Waals surface area contributed by atoms with Gasteiger partial charge in [-0.2, -0.15) is 0 Å². The Kier molecular flexibility index (Phi) is 8.97. The third-order valence-electron chi connectivity index (χ3n) is 8.00. The molecule has 7 nitrogen and oxygen atoms in total. The lowest BCUT2D eigenvalue weighted by Crippen LogP contribution is -2.45. The van der Waals surface area contributed by atoms with Gasteiger partial charge in [0.25, 0.3) is 0 Å². The molecule has 0 aliphatic carbocycles. The molecule has 1 aromatic rings. The van der Waals surface area contributed by atoms with Gasteiger partial charge in [-0.1, -0.05) is 40.7 Å². The largest absolute Gasteiger partial charge is 0.458 e. The second kappa shape index (κ2) is 11.3. The Labute approximate surface area is 218 Å². The van der Waals surface area contributed by atoms with E-state index in [2.05, 4.69) is 18.5 Å². The van der Waals surface area contributed by atoms with Crippen molar-refractivity contribution in [2.24, 2.45) is 17.3 Å². The van der Waals surface area contributed by atoms with Crippen molar-refractivity contribution in [1.82, 2.24) is 4.98 Å². The fraction of sp³-hybridized carbons (Fsp3) is 0.679. The van der Waals surface area contributed by atoms with Crippen molar-refractivity contribution in [3.8, 4) is 0 Å². The fourth-order valence-electron chi connectivity index (χ4n) is 5.08. The molecule has 0 unspecified atom stereocenters. The number of esters is 1. The minimum atomic E-state index is -1.24. The average molecular weight is 520 g/mol. The van der Waals surface area contributed by atoms with Crippen LogP contribution in [0.3, 0.4) is 0 Å². The van der Waals surface area contributed by atoms with E-state index in [0.717, 1.165) is 35.5 Å². The normalized spacial score (nSPS) is 36.6. The number of thiazole rings is 1. The zero-order chi connectivity index (χ0) is 26.8. The van der Waals surface area contributed by atoms with Crippen LogP contribution in [0.4, 0.5) is 0 Å². The van der Waals surface area contributed by atoms with E-state index in [0.29, 0.717) is 6.42 Å². The van der Waals surface area contributed by atoms with Crippen molar-refractivity contribution in [2.45, 2.75) is 104 Å². The molecule has 1 aromatic heterocycles. The van der Waals surface area contributed by atoms with Gasteiger partial charge in [0.15, 0.2) is 0 Å². The summed E-state index contributed by atoms with van der Waals surface area (Å²) in [5.74, 6) is -1.58. The van der Waals surface area contributed by atoms with E-state index >= 15 is 0 Å². The summed E-state index contributed by atoms with van der Waals surface area (Å²) in [5, 5.41) is 24.5. The summed E-state index contributed by atoms with van der Waals surface area (Å²) in [6, 6.07) is 0. The van der Waals surface area contributed by atoms with Crippen molar-refractivity contribution < 1.29 is 29.3 Å². The number of epoxide rings is 1. The Balaban J connectivity index is 1.86. The highest BCUT2D eigenvalue weighted by Gasteiger charge is 2.53. The summed E-state index contributed by atoms with van der Waals surface area (Å²) in [5.41, 5.74) is 0.0738. The van der Waals surface area contributed by atoms with Crippen LogP contribution in [0.2, 0.25) is 0 Å². The molecule has 0 radical (unpaired) electrons. The maximum Gasteiger partial charge on any atom is 0.309 e. The van der Waals surface area contributed by atoms with Gasteiger partial charge in [0, 0.05) is 17.7 Å². The van der Waals surface area contributed by atoms with Gasteiger partial charge in [-0.3, -0.25) is 9.59 Å². The van der Waals surface area contributed by atoms with E-state index < -0.39 is 35.6 Å². The van der Waals surface area contributed by atoms with Gasteiger partial charge < -0.3 is 19.7 Å². The minimum absolute atomic E-state index is 0.0622. The van der Waals surface area contributed by atoms with Crippen molar-refractivity contribution in [3.05, 3.63) is 28.2 Å². The number of hydrogen-bond donors (Lipinski definition) is 2. The van der Waals surface area contributed by atoms with Gasteiger partial charge in [-0.05, 0) is 50.3 Å². The molecule has 0 aromatic carbocycles. The highest BCUT2D eigenvalue weighted by atomic mass is 32.1. The molecular formula is C28H41NO6S. The maximum atomic E-state index is 13.2. The molecule has 2 N–H and O–H groups in total. The number of nitrogens with zero attached hydrogens (tertiary/aromatic N) is 1. The SMILES string of the molecule is C=Cc1nc(C=C(C)[C@@H]2C[C@@H]3O[C@]3(C)CCC[C@H](C)[C@H](O)[C@@H](C)C(=O)C(C)(C)[C@@H](O)CC(=O)O2)cs1. The quantitative estimate of drug-likeness (QED) is 0.436. The fourth-order valence-corrected chi connectivity index (χ4v) is 5.70. The van der Waals surface area contributed by atoms with Crippen LogP contribution in [0.5, 0.6) is 0 Å². The number of fused-ring (bicyclic) bond motifs is 1. The first-order valence-corrected chi connectivity index (χ1v) is 13.7. The number of ketones is 1. The number of ether oxygens (including phenoxy) is 2. The number of aromatic nitrogens is 1. The number of hydrogen-bond acceptors (Lipinski definition) is 8. The zero-order valence-electron chi connectivity index (χ0n) is 22.3. The molecule has 3 heterocycles. The minimum Gasteiger partial charge on any atom is -0.458 e. The average Bonchev–Trinajstić information content (AvgIpc) is 3.23. The molecule has 2 saturated heterocycles. The molecule has 0 bridgehead atoms. The summed E-state index contributed by atoms with van der Waals surface area (Å²) >= 11 is 1.49. The number of carbonyl (C=O) groups excluding carboxylic acids is 2. The topological polar surface area (TPSA) is 109 Å². The smallest absolute Gasteiger partial charge is 0.309 e. The third-order valence-corrected chi connectivity index (χ3v) is 8.86. The summed E-state index contributed by atoms with van der Waals surface area (Å²) in [6.07, 6.45) is 3.53. The molecule has 2 fully saturated rings. The Morgan fingerprint density at radius 1 is 1.25 bits per heavy atom. The van der Waals surface area contributed by atoms with Gasteiger partial charge in [0.2, 0.25) is 0 Å². The van der Waals surface area contributed by atoms with Crippen LogP contribution in [0.15, 0.2) is 17.5 Å². The molecular weight excluding hydrogens is 478 g/mol. The van der Waals surface area contributed by atoms with E-state index in [1.54, 1.807) is 26.8 Å². The predicted octanol–water partition coefficient (Wildman–Crippen LogP) is 4.81. The summed E-state index contributed by atoms with van der Waals surface area (Å²) < 4.78 is 11.9. The van der Waals surface area contributed by atoms with Gasteiger partial charge in [-0.15, -0.1) is 11.3 Å². The van der Waals surface area contributed by atoms with Crippen molar-refractivity contribution >= 4 is 35.2 Å². The van der Waals surface area contributed by atoms with Crippen LogP contribution in [-0.4, -0.2) is 57.0 Å². The highest BCUT2D eigenvalue weighted by Crippen LogP contribution is 2.45. The molecule has 36 heavy (non-hydrogen) atoms. The summed E-state index contributed by atoms with van der Waals surface area (Å²) in [4.78, 5) is 30.7.